The number of thiophene rings is 1. The lowest BCUT2D eigenvalue weighted by Gasteiger charge is -2.18. The molecule has 0 bridgehead atoms. The first-order valence-corrected chi connectivity index (χ1v) is 8.74. The number of hydrogen-bond acceptors (Lipinski definition) is 8. The van der Waals surface area contributed by atoms with Crippen LogP contribution in [-0.4, -0.2) is 33.3 Å². The van der Waals surface area contributed by atoms with Crippen LogP contribution < -0.4 is 20.9 Å². The van der Waals surface area contributed by atoms with Crippen molar-refractivity contribution in [1.29, 1.82) is 0 Å². The van der Waals surface area contributed by atoms with Crippen molar-refractivity contribution >= 4 is 44.1 Å². The van der Waals surface area contributed by atoms with Gasteiger partial charge in [-0.1, -0.05) is 6.07 Å². The number of aromatic nitrogens is 2. The average Bonchev–Trinajstić information content (AvgIpc) is 3.11. The number of carbonyl (C=O) groups excluding carboxylic acids is 2. The maximum Gasteiger partial charge on any atom is 0.326 e. The molecule has 142 valence electrons. The second-order valence-electron chi connectivity index (χ2n) is 5.83. The molecule has 3 N–H and O–H groups in total. The van der Waals surface area contributed by atoms with E-state index in [-0.39, 0.29) is 40.1 Å². The van der Waals surface area contributed by atoms with E-state index in [0.717, 1.165) is 6.07 Å². The smallest absolute Gasteiger partial charge is 0.326 e. The first kappa shape index (κ1) is 17.6. The van der Waals surface area contributed by atoms with Crippen LogP contribution in [0.15, 0.2) is 29.1 Å². The van der Waals surface area contributed by atoms with Gasteiger partial charge in [-0.05, 0) is 29.0 Å². The number of fused-ring (bicyclic) bond motifs is 2. The summed E-state index contributed by atoms with van der Waals surface area (Å²) in [5, 5.41) is 15.9. The molecule has 3 aromatic rings. The third-order valence-corrected chi connectivity index (χ3v) is 4.89. The molecule has 3 heterocycles. The van der Waals surface area contributed by atoms with Crippen LogP contribution >= 0.6 is 11.3 Å². The first-order chi connectivity index (χ1) is 13.4. The van der Waals surface area contributed by atoms with E-state index >= 15 is 0 Å². The lowest BCUT2D eigenvalue weighted by molar-refractivity contribution is -0.380. The molecule has 4 rings (SSSR count). The number of anilines is 1. The summed E-state index contributed by atoms with van der Waals surface area (Å²) < 4.78 is 5.26. The third kappa shape index (κ3) is 3.27. The zero-order chi connectivity index (χ0) is 19.8. The maximum absolute atomic E-state index is 12.3. The highest BCUT2D eigenvalue weighted by Crippen LogP contribution is 2.29. The molecular formula is C16H11N5O6S. The van der Waals surface area contributed by atoms with E-state index in [4.69, 9.17) is 4.74 Å². The summed E-state index contributed by atoms with van der Waals surface area (Å²) in [7, 11) is 0. The van der Waals surface area contributed by atoms with Gasteiger partial charge in [-0.2, -0.15) is 0 Å². The van der Waals surface area contributed by atoms with Crippen molar-refractivity contribution in [2.24, 2.45) is 0 Å². The predicted molar refractivity (Wildman–Crippen MR) is 98.6 cm³/mol. The highest BCUT2D eigenvalue weighted by molar-refractivity contribution is 7.21. The standard InChI is InChI=1S/C16H11N5O6S/c22-11-6-27-10-2-1-7(3-9(10)18-11)5-17-15(24)13-19-14(23)8-4-12(21(25)26)28-16(8)20-13/h1-4H,5-6H2,(H,17,24)(H,18,22)(H,19,20,23). The number of hydrogen-bond donors (Lipinski definition) is 3. The van der Waals surface area contributed by atoms with Gasteiger partial charge < -0.3 is 20.4 Å². The summed E-state index contributed by atoms with van der Waals surface area (Å²) in [6.07, 6.45) is 0. The van der Waals surface area contributed by atoms with Crippen molar-refractivity contribution in [3.63, 3.8) is 0 Å². The van der Waals surface area contributed by atoms with Gasteiger partial charge in [-0.15, -0.1) is 0 Å². The Morgan fingerprint density at radius 3 is 2.96 bits per heavy atom. The van der Waals surface area contributed by atoms with Gasteiger partial charge >= 0.3 is 5.00 Å². The number of aromatic amines is 1. The number of rotatable bonds is 4. The molecule has 2 aromatic heterocycles. The zero-order valence-corrected chi connectivity index (χ0v) is 14.8. The Hall–Kier alpha value is -3.80. The summed E-state index contributed by atoms with van der Waals surface area (Å²) in [4.78, 5) is 52.4. The molecule has 11 nitrogen and oxygen atoms in total. The van der Waals surface area contributed by atoms with Crippen molar-refractivity contribution in [2.45, 2.75) is 6.54 Å². The fourth-order valence-corrected chi connectivity index (χ4v) is 3.47. The fourth-order valence-electron chi connectivity index (χ4n) is 2.62. The normalized spacial score (nSPS) is 12.8. The van der Waals surface area contributed by atoms with Crippen molar-refractivity contribution in [3.8, 4) is 5.75 Å². The van der Waals surface area contributed by atoms with Crippen LogP contribution in [0.3, 0.4) is 0 Å². The molecule has 2 amide bonds. The van der Waals surface area contributed by atoms with Crippen molar-refractivity contribution in [2.75, 3.05) is 11.9 Å². The monoisotopic (exact) mass is 401 g/mol. The van der Waals surface area contributed by atoms with E-state index in [1.54, 1.807) is 18.2 Å². The highest BCUT2D eigenvalue weighted by Gasteiger charge is 2.19. The quantitative estimate of drug-likeness (QED) is 0.437. The molecule has 28 heavy (non-hydrogen) atoms. The van der Waals surface area contributed by atoms with Crippen LogP contribution in [0.4, 0.5) is 10.7 Å². The summed E-state index contributed by atoms with van der Waals surface area (Å²) >= 11 is 0.717. The Labute approximate surface area is 159 Å². The minimum atomic E-state index is -0.645. The fraction of sp³-hybridized carbons (Fsp3) is 0.125. The molecular weight excluding hydrogens is 390 g/mol. The summed E-state index contributed by atoms with van der Waals surface area (Å²) in [6, 6.07) is 6.18. The molecule has 1 aromatic carbocycles. The van der Waals surface area contributed by atoms with E-state index in [2.05, 4.69) is 20.6 Å². The van der Waals surface area contributed by atoms with Crippen molar-refractivity contribution < 1.29 is 19.2 Å². The summed E-state index contributed by atoms with van der Waals surface area (Å²) in [6.45, 7) is 0.0554. The molecule has 0 saturated heterocycles. The van der Waals surface area contributed by atoms with Crippen LogP contribution in [0.2, 0.25) is 0 Å². The van der Waals surface area contributed by atoms with E-state index < -0.39 is 16.4 Å². The zero-order valence-electron chi connectivity index (χ0n) is 14.0. The number of amides is 2. The number of carbonyl (C=O) groups is 2. The number of nitro groups is 1. The second kappa shape index (κ2) is 6.74. The van der Waals surface area contributed by atoms with Gasteiger partial charge in [0.15, 0.2) is 6.61 Å². The number of nitrogens with zero attached hydrogens (tertiary/aromatic N) is 2. The largest absolute Gasteiger partial charge is 0.482 e. The molecule has 0 atom stereocenters. The minimum Gasteiger partial charge on any atom is -0.482 e. The van der Waals surface area contributed by atoms with Crippen LogP contribution in [0.25, 0.3) is 10.2 Å². The number of ether oxygens (including phenoxy) is 1. The van der Waals surface area contributed by atoms with Crippen LogP contribution in [0.1, 0.15) is 16.2 Å². The molecule has 0 saturated carbocycles. The molecule has 1 aliphatic rings. The van der Waals surface area contributed by atoms with Crippen LogP contribution in [-0.2, 0) is 11.3 Å². The molecule has 12 heteroatoms. The van der Waals surface area contributed by atoms with E-state index in [1.807, 2.05) is 0 Å². The predicted octanol–water partition coefficient (Wildman–Crippen LogP) is 1.15. The lowest BCUT2D eigenvalue weighted by atomic mass is 10.1. The van der Waals surface area contributed by atoms with Gasteiger partial charge in [-0.3, -0.25) is 24.5 Å². The van der Waals surface area contributed by atoms with Crippen LogP contribution in [0, 0.1) is 10.1 Å². The highest BCUT2D eigenvalue weighted by atomic mass is 32.1. The number of benzene rings is 1. The van der Waals surface area contributed by atoms with Crippen molar-refractivity contribution in [1.82, 2.24) is 15.3 Å². The van der Waals surface area contributed by atoms with E-state index in [9.17, 15) is 24.5 Å². The number of H-pyrrole nitrogens is 1. The Kier molecular flexibility index (Phi) is 4.24. The molecule has 0 spiro atoms. The third-order valence-electron chi connectivity index (χ3n) is 3.91. The molecule has 0 aliphatic carbocycles. The number of nitrogens with one attached hydrogen (secondary N) is 3. The minimum absolute atomic E-state index is 0.0501. The molecule has 0 radical (unpaired) electrons. The Bertz CT molecular complexity index is 1200. The topological polar surface area (TPSA) is 156 Å². The Morgan fingerprint density at radius 1 is 1.36 bits per heavy atom. The summed E-state index contributed by atoms with van der Waals surface area (Å²) in [5.41, 5.74) is 0.558. The first-order valence-electron chi connectivity index (χ1n) is 7.93. The SMILES string of the molecule is O=C1COc2ccc(CNC(=O)c3nc4sc([N+](=O)[O-])cc4c(=O)[nH]3)cc2N1. The van der Waals surface area contributed by atoms with Crippen molar-refractivity contribution in [3.05, 3.63) is 56.1 Å². The van der Waals surface area contributed by atoms with Gasteiger partial charge in [0.05, 0.1) is 16.0 Å². The van der Waals surface area contributed by atoms with Gasteiger partial charge in [0.2, 0.25) is 5.82 Å². The molecule has 0 unspecified atom stereocenters. The Morgan fingerprint density at radius 2 is 2.18 bits per heavy atom. The van der Waals surface area contributed by atoms with Gasteiger partial charge in [0.1, 0.15) is 10.6 Å². The average molecular weight is 401 g/mol. The lowest BCUT2D eigenvalue weighted by Crippen LogP contribution is -2.28. The Balaban J connectivity index is 1.52. The van der Waals surface area contributed by atoms with E-state index in [1.165, 1.54) is 0 Å². The van der Waals surface area contributed by atoms with E-state index in [0.29, 0.717) is 28.3 Å². The molecule has 1 aliphatic heterocycles. The van der Waals surface area contributed by atoms with Crippen LogP contribution in [0.5, 0.6) is 5.75 Å². The van der Waals surface area contributed by atoms with Gasteiger partial charge in [0, 0.05) is 12.6 Å². The summed E-state index contributed by atoms with van der Waals surface area (Å²) in [5.74, 6) is -0.629. The second-order valence-corrected chi connectivity index (χ2v) is 6.83. The van der Waals surface area contributed by atoms with Gasteiger partial charge in [-0.25, -0.2) is 4.98 Å². The maximum atomic E-state index is 12.3. The van der Waals surface area contributed by atoms with Gasteiger partial charge in [0.25, 0.3) is 17.4 Å². The molecule has 0 fully saturated rings.